The molecule has 0 fully saturated rings. The zero-order valence-corrected chi connectivity index (χ0v) is 22.1. The molecule has 0 aliphatic carbocycles. The van der Waals surface area contributed by atoms with Gasteiger partial charge in [0.15, 0.2) is 0 Å². The molecule has 188 valence electrons. The summed E-state index contributed by atoms with van der Waals surface area (Å²) in [7, 11) is -4.27. The van der Waals surface area contributed by atoms with Crippen molar-refractivity contribution in [3.8, 4) is 0 Å². The summed E-state index contributed by atoms with van der Waals surface area (Å²) >= 11 is 4.26. The zero-order valence-electron chi connectivity index (χ0n) is 20.3. The Morgan fingerprint density at radius 2 is 0.677 bits per heavy atom. The van der Waals surface area contributed by atoms with Gasteiger partial charge in [0, 0.05) is 0 Å². The molecular formula is C25H53O4PS. The molecule has 0 amide bonds. The van der Waals surface area contributed by atoms with Crippen LogP contribution in [0.25, 0.3) is 0 Å². The number of hydrogen-bond acceptors (Lipinski definition) is 3. The summed E-state index contributed by atoms with van der Waals surface area (Å²) in [6, 6.07) is 0. The number of phosphoric acid groups is 1. The highest BCUT2D eigenvalue weighted by Crippen LogP contribution is 2.35. The van der Waals surface area contributed by atoms with Gasteiger partial charge in [0.2, 0.25) is 0 Å². The second-order valence-electron chi connectivity index (χ2n) is 9.18. The molecule has 0 aromatic rings. The molecule has 0 atom stereocenters. The molecule has 0 saturated heterocycles. The van der Waals surface area contributed by atoms with Crippen LogP contribution in [0.4, 0.5) is 0 Å². The highest BCUT2D eigenvalue weighted by atomic mass is 32.1. The molecule has 0 aliphatic heterocycles. The third kappa shape index (κ3) is 30.5. The first-order valence-corrected chi connectivity index (χ1v) is 15.5. The van der Waals surface area contributed by atoms with Crippen molar-refractivity contribution >= 4 is 20.5 Å². The maximum atomic E-state index is 10.5. The van der Waals surface area contributed by atoms with Crippen molar-refractivity contribution in [3.05, 3.63) is 0 Å². The van der Waals surface area contributed by atoms with Gasteiger partial charge in [-0.05, 0) is 18.6 Å². The van der Waals surface area contributed by atoms with Gasteiger partial charge >= 0.3 is 7.82 Å². The number of phosphoric ester groups is 1. The molecule has 0 aromatic heterocycles. The molecule has 0 heterocycles. The largest absolute Gasteiger partial charge is 0.469 e. The minimum absolute atomic E-state index is 0.168. The maximum Gasteiger partial charge on any atom is 0.469 e. The SMILES string of the molecule is O=P(O)(O)OCCCCCCCCCCCCCCCCCCCCCCCCCS. The Morgan fingerprint density at radius 1 is 0.452 bits per heavy atom. The number of rotatable bonds is 26. The highest BCUT2D eigenvalue weighted by Gasteiger charge is 2.12. The number of unbranched alkanes of at least 4 members (excludes halogenated alkanes) is 22. The molecule has 31 heavy (non-hydrogen) atoms. The van der Waals surface area contributed by atoms with Gasteiger partial charge < -0.3 is 9.79 Å². The molecule has 0 saturated carbocycles. The summed E-state index contributed by atoms with van der Waals surface area (Å²) in [5.41, 5.74) is 0. The molecule has 0 unspecified atom stereocenters. The molecular weight excluding hydrogens is 427 g/mol. The second-order valence-corrected chi connectivity index (χ2v) is 10.9. The predicted molar refractivity (Wildman–Crippen MR) is 138 cm³/mol. The van der Waals surface area contributed by atoms with E-state index in [0.29, 0.717) is 0 Å². The van der Waals surface area contributed by atoms with E-state index in [1.54, 1.807) is 0 Å². The van der Waals surface area contributed by atoms with Gasteiger partial charge in [-0.2, -0.15) is 12.6 Å². The fourth-order valence-corrected chi connectivity index (χ4v) is 4.70. The quantitative estimate of drug-likeness (QED) is 0.0656. The smallest absolute Gasteiger partial charge is 0.303 e. The third-order valence-electron chi connectivity index (χ3n) is 6.06. The van der Waals surface area contributed by atoms with Crippen LogP contribution in [0.3, 0.4) is 0 Å². The van der Waals surface area contributed by atoms with Gasteiger partial charge in [0.25, 0.3) is 0 Å². The third-order valence-corrected chi connectivity index (χ3v) is 6.90. The Labute approximate surface area is 199 Å². The summed E-state index contributed by atoms with van der Waals surface area (Å²) in [4.78, 5) is 17.2. The van der Waals surface area contributed by atoms with Crippen molar-refractivity contribution in [2.45, 2.75) is 148 Å². The van der Waals surface area contributed by atoms with E-state index in [1.165, 1.54) is 128 Å². The van der Waals surface area contributed by atoms with Crippen molar-refractivity contribution in [2.24, 2.45) is 0 Å². The van der Waals surface area contributed by atoms with Crippen molar-refractivity contribution in [2.75, 3.05) is 12.4 Å². The van der Waals surface area contributed by atoms with Gasteiger partial charge in [0.1, 0.15) is 0 Å². The fourth-order valence-electron chi connectivity index (χ4n) is 4.11. The molecule has 4 nitrogen and oxygen atoms in total. The first kappa shape index (κ1) is 31.5. The number of hydrogen-bond donors (Lipinski definition) is 3. The summed E-state index contributed by atoms with van der Waals surface area (Å²) in [6.07, 6.45) is 30.7. The van der Waals surface area contributed by atoms with E-state index in [4.69, 9.17) is 9.79 Å². The van der Waals surface area contributed by atoms with Crippen LogP contribution in [-0.2, 0) is 9.09 Å². The fraction of sp³-hybridized carbons (Fsp3) is 1.00. The van der Waals surface area contributed by atoms with Crippen LogP contribution in [0.2, 0.25) is 0 Å². The van der Waals surface area contributed by atoms with Gasteiger partial charge in [-0.3, -0.25) is 4.52 Å². The maximum absolute atomic E-state index is 10.5. The van der Waals surface area contributed by atoms with Crippen molar-refractivity contribution in [1.29, 1.82) is 0 Å². The molecule has 0 aliphatic rings. The lowest BCUT2D eigenvalue weighted by Crippen LogP contribution is -1.92. The van der Waals surface area contributed by atoms with Crippen LogP contribution in [0, 0.1) is 0 Å². The predicted octanol–water partition coefficient (Wildman–Crippen LogP) is 9.00. The standard InChI is InChI=1S/C25H53O4PS/c26-30(27,28)29-24-22-20-18-16-14-12-10-8-6-4-2-1-3-5-7-9-11-13-15-17-19-21-23-25-31/h31H,1-25H2,(H2,26,27,28). The van der Waals surface area contributed by atoms with Crippen molar-refractivity contribution < 1.29 is 18.9 Å². The van der Waals surface area contributed by atoms with E-state index in [9.17, 15) is 4.57 Å². The summed E-state index contributed by atoms with van der Waals surface area (Å²) in [5.74, 6) is 1.05. The Kier molecular flexibility index (Phi) is 25.5. The van der Waals surface area contributed by atoms with Crippen LogP contribution < -0.4 is 0 Å². The molecule has 0 rings (SSSR count). The van der Waals surface area contributed by atoms with E-state index in [-0.39, 0.29) is 6.61 Å². The zero-order chi connectivity index (χ0) is 22.9. The van der Waals surface area contributed by atoms with E-state index in [1.807, 2.05) is 0 Å². The van der Waals surface area contributed by atoms with Gasteiger partial charge in [-0.1, -0.05) is 135 Å². The lowest BCUT2D eigenvalue weighted by Gasteiger charge is -2.05. The molecule has 0 aromatic carbocycles. The van der Waals surface area contributed by atoms with Gasteiger partial charge in [0.05, 0.1) is 6.61 Å². The van der Waals surface area contributed by atoms with Crippen molar-refractivity contribution in [3.63, 3.8) is 0 Å². The first-order chi connectivity index (χ1) is 15.1. The van der Waals surface area contributed by atoms with Crippen LogP contribution in [0.15, 0.2) is 0 Å². The molecule has 0 bridgehead atoms. The van der Waals surface area contributed by atoms with Crippen LogP contribution in [0.5, 0.6) is 0 Å². The normalized spacial score (nSPS) is 12.0. The molecule has 2 N–H and O–H groups in total. The monoisotopic (exact) mass is 480 g/mol. The average molecular weight is 481 g/mol. The van der Waals surface area contributed by atoms with Crippen LogP contribution >= 0.6 is 20.5 Å². The van der Waals surface area contributed by atoms with E-state index in [2.05, 4.69) is 17.2 Å². The van der Waals surface area contributed by atoms with Crippen molar-refractivity contribution in [1.82, 2.24) is 0 Å². The van der Waals surface area contributed by atoms with Gasteiger partial charge in [-0.15, -0.1) is 0 Å². The number of thiol groups is 1. The lowest BCUT2D eigenvalue weighted by molar-refractivity contribution is 0.193. The minimum atomic E-state index is -4.27. The second kappa shape index (κ2) is 25.1. The van der Waals surface area contributed by atoms with Gasteiger partial charge in [-0.25, -0.2) is 4.57 Å². The first-order valence-electron chi connectivity index (χ1n) is 13.4. The lowest BCUT2D eigenvalue weighted by atomic mass is 10.0. The Morgan fingerprint density at radius 3 is 0.903 bits per heavy atom. The summed E-state index contributed by atoms with van der Waals surface area (Å²) in [5, 5.41) is 0. The Balaban J connectivity index is 3.03. The van der Waals surface area contributed by atoms with Crippen LogP contribution in [-0.4, -0.2) is 22.1 Å². The summed E-state index contributed by atoms with van der Waals surface area (Å²) in [6.45, 7) is 0.168. The van der Waals surface area contributed by atoms with E-state index in [0.717, 1.165) is 25.0 Å². The summed E-state index contributed by atoms with van der Waals surface area (Å²) < 4.78 is 15.0. The Hall–Kier alpha value is 0.460. The topological polar surface area (TPSA) is 66.8 Å². The van der Waals surface area contributed by atoms with Crippen LogP contribution in [0.1, 0.15) is 148 Å². The van der Waals surface area contributed by atoms with E-state index >= 15 is 0 Å². The van der Waals surface area contributed by atoms with E-state index < -0.39 is 7.82 Å². The Bertz CT molecular complexity index is 390. The molecule has 6 heteroatoms. The molecule has 0 spiro atoms. The average Bonchev–Trinajstić information content (AvgIpc) is 2.73. The minimum Gasteiger partial charge on any atom is -0.303 e. The molecule has 0 radical (unpaired) electrons. The highest BCUT2D eigenvalue weighted by molar-refractivity contribution is 7.80.